The number of hydrogen-bond donors (Lipinski definition) is 0. The average Bonchev–Trinajstić information content (AvgIpc) is 2.42. The zero-order chi connectivity index (χ0) is 11.7. The predicted octanol–water partition coefficient (Wildman–Crippen LogP) is 2.20. The fourth-order valence-corrected chi connectivity index (χ4v) is 1.13. The van der Waals surface area contributed by atoms with Crippen LogP contribution in [0.3, 0.4) is 0 Å². The summed E-state index contributed by atoms with van der Waals surface area (Å²) in [6, 6.07) is 0. The minimum Gasteiger partial charge on any atom is -0.260 e. The Morgan fingerprint density at radius 1 is 1.33 bits per heavy atom. The van der Waals surface area contributed by atoms with Crippen molar-refractivity contribution in [3.63, 3.8) is 0 Å². The highest BCUT2D eigenvalue weighted by Crippen LogP contribution is 2.35. The maximum absolute atomic E-state index is 12.3. The van der Waals surface area contributed by atoms with Gasteiger partial charge in [0, 0.05) is 7.05 Å². The molecule has 1 aromatic heterocycles. The minimum atomic E-state index is -3.26. The van der Waals surface area contributed by atoms with Crippen molar-refractivity contribution in [3.8, 4) is 0 Å². The summed E-state index contributed by atoms with van der Waals surface area (Å²) in [5, 5.41) is 13.3. The Labute approximate surface area is 80.4 Å². The van der Waals surface area contributed by atoms with Crippen molar-refractivity contribution in [3.05, 3.63) is 21.5 Å². The van der Waals surface area contributed by atoms with E-state index < -0.39 is 34.8 Å². The molecule has 84 valence electrons. The van der Waals surface area contributed by atoms with Crippen LogP contribution >= 0.6 is 0 Å². The monoisotopic (exact) mass is 227 g/mol. The first kappa shape index (κ1) is 11.4. The van der Waals surface area contributed by atoms with E-state index in [4.69, 9.17) is 0 Å². The lowest BCUT2D eigenvalue weighted by Crippen LogP contribution is -2.01. The van der Waals surface area contributed by atoms with Gasteiger partial charge in [-0.05, 0) is 0 Å². The van der Waals surface area contributed by atoms with Gasteiger partial charge in [0.25, 0.3) is 12.9 Å². The number of nitro groups is 1. The molecule has 15 heavy (non-hydrogen) atoms. The Balaban J connectivity index is 3.44. The third kappa shape index (κ3) is 1.90. The van der Waals surface area contributed by atoms with Gasteiger partial charge < -0.3 is 0 Å². The molecule has 0 spiro atoms. The standard InChI is InChI=1S/C6H5F4N3O2/c1-12-4(6(9)10)3(13(14)15)2(11-12)5(7)8/h5-6H,1H3. The van der Waals surface area contributed by atoms with Crippen molar-refractivity contribution in [1.82, 2.24) is 9.78 Å². The molecule has 0 N–H and O–H groups in total. The van der Waals surface area contributed by atoms with E-state index in [1.165, 1.54) is 0 Å². The Morgan fingerprint density at radius 3 is 2.20 bits per heavy atom. The summed E-state index contributed by atoms with van der Waals surface area (Å²) in [6.45, 7) is 0. The van der Waals surface area contributed by atoms with Crippen LogP contribution in [0.1, 0.15) is 24.2 Å². The summed E-state index contributed by atoms with van der Waals surface area (Å²) in [7, 11) is 0.945. The molecular weight excluding hydrogens is 222 g/mol. The molecule has 0 saturated heterocycles. The molecular formula is C6H5F4N3O2. The van der Waals surface area contributed by atoms with E-state index in [-0.39, 0.29) is 0 Å². The fourth-order valence-electron chi connectivity index (χ4n) is 1.13. The van der Waals surface area contributed by atoms with Gasteiger partial charge in [-0.25, -0.2) is 17.6 Å². The van der Waals surface area contributed by atoms with Gasteiger partial charge in [-0.2, -0.15) is 5.10 Å². The molecule has 0 atom stereocenters. The van der Waals surface area contributed by atoms with Crippen molar-refractivity contribution >= 4 is 5.69 Å². The topological polar surface area (TPSA) is 61.0 Å². The molecule has 0 aromatic carbocycles. The van der Waals surface area contributed by atoms with Gasteiger partial charge in [0.2, 0.25) is 5.69 Å². The van der Waals surface area contributed by atoms with Gasteiger partial charge in [0.05, 0.1) is 4.92 Å². The van der Waals surface area contributed by atoms with Gasteiger partial charge in [0.15, 0.2) is 5.69 Å². The van der Waals surface area contributed by atoms with Crippen molar-refractivity contribution in [2.75, 3.05) is 0 Å². The number of aromatic nitrogens is 2. The molecule has 0 saturated carbocycles. The van der Waals surface area contributed by atoms with Crippen LogP contribution in [0.2, 0.25) is 0 Å². The molecule has 1 heterocycles. The van der Waals surface area contributed by atoms with Crippen LogP contribution in [-0.2, 0) is 7.05 Å². The highest BCUT2D eigenvalue weighted by Gasteiger charge is 2.35. The molecule has 0 aliphatic rings. The van der Waals surface area contributed by atoms with Crippen LogP contribution in [0.25, 0.3) is 0 Å². The van der Waals surface area contributed by atoms with Crippen molar-refractivity contribution in [2.24, 2.45) is 7.05 Å². The first-order valence-electron chi connectivity index (χ1n) is 3.63. The second kappa shape index (κ2) is 3.83. The second-order valence-corrected chi connectivity index (χ2v) is 2.60. The van der Waals surface area contributed by atoms with Gasteiger partial charge in [-0.1, -0.05) is 0 Å². The molecule has 5 nitrogen and oxygen atoms in total. The smallest absolute Gasteiger partial charge is 0.260 e. The molecule has 0 amide bonds. The van der Waals surface area contributed by atoms with E-state index in [2.05, 4.69) is 5.10 Å². The maximum Gasteiger partial charge on any atom is 0.325 e. The summed E-state index contributed by atoms with van der Waals surface area (Å²) >= 11 is 0. The van der Waals surface area contributed by atoms with E-state index in [9.17, 15) is 27.7 Å². The lowest BCUT2D eigenvalue weighted by molar-refractivity contribution is -0.387. The van der Waals surface area contributed by atoms with Gasteiger partial charge in [0.1, 0.15) is 0 Å². The molecule has 0 fully saturated rings. The zero-order valence-corrected chi connectivity index (χ0v) is 7.32. The fraction of sp³-hybridized carbons (Fsp3) is 0.500. The first-order chi connectivity index (χ1) is 6.86. The quantitative estimate of drug-likeness (QED) is 0.451. The first-order valence-corrected chi connectivity index (χ1v) is 3.63. The maximum atomic E-state index is 12.3. The molecule has 0 bridgehead atoms. The molecule has 1 aromatic rings. The summed E-state index contributed by atoms with van der Waals surface area (Å²) in [5.74, 6) is 0. The predicted molar refractivity (Wildman–Crippen MR) is 39.8 cm³/mol. The highest BCUT2D eigenvalue weighted by molar-refractivity contribution is 5.42. The molecule has 0 aliphatic carbocycles. The van der Waals surface area contributed by atoms with E-state index in [0.29, 0.717) is 4.68 Å². The SMILES string of the molecule is Cn1nc(C(F)F)c([N+](=O)[O-])c1C(F)F. The molecule has 0 aliphatic heterocycles. The van der Waals surface area contributed by atoms with Crippen LogP contribution < -0.4 is 0 Å². The average molecular weight is 227 g/mol. The Morgan fingerprint density at radius 2 is 1.87 bits per heavy atom. The number of nitrogens with zero attached hydrogens (tertiary/aromatic N) is 3. The Bertz CT molecular complexity index is 390. The molecule has 1 rings (SSSR count). The third-order valence-corrected chi connectivity index (χ3v) is 1.69. The highest BCUT2D eigenvalue weighted by atomic mass is 19.3. The lowest BCUT2D eigenvalue weighted by Gasteiger charge is -1.98. The van der Waals surface area contributed by atoms with Crippen LogP contribution in [-0.4, -0.2) is 14.7 Å². The lowest BCUT2D eigenvalue weighted by atomic mass is 10.3. The van der Waals surface area contributed by atoms with Crippen molar-refractivity contribution in [2.45, 2.75) is 12.9 Å². The van der Waals surface area contributed by atoms with Crippen LogP contribution in [0, 0.1) is 10.1 Å². The van der Waals surface area contributed by atoms with E-state index in [0.717, 1.165) is 7.05 Å². The van der Waals surface area contributed by atoms with Crippen LogP contribution in [0.5, 0.6) is 0 Å². The number of halogens is 4. The normalized spacial score (nSPS) is 11.4. The summed E-state index contributed by atoms with van der Waals surface area (Å²) in [6.07, 6.45) is -6.49. The van der Waals surface area contributed by atoms with E-state index in [1.54, 1.807) is 0 Å². The van der Waals surface area contributed by atoms with E-state index in [1.807, 2.05) is 0 Å². The van der Waals surface area contributed by atoms with Crippen molar-refractivity contribution < 1.29 is 22.5 Å². The molecule has 0 radical (unpaired) electrons. The molecule has 9 heteroatoms. The second-order valence-electron chi connectivity index (χ2n) is 2.60. The van der Waals surface area contributed by atoms with E-state index >= 15 is 0 Å². The van der Waals surface area contributed by atoms with Crippen molar-refractivity contribution in [1.29, 1.82) is 0 Å². The number of hydrogen-bond acceptors (Lipinski definition) is 3. The minimum absolute atomic E-state index is 0.393. The summed E-state index contributed by atoms with van der Waals surface area (Å²) < 4.78 is 49.5. The third-order valence-electron chi connectivity index (χ3n) is 1.69. The van der Waals surface area contributed by atoms with Gasteiger partial charge >= 0.3 is 5.69 Å². The molecule has 0 unspecified atom stereocenters. The van der Waals surface area contributed by atoms with Gasteiger partial charge in [-0.3, -0.25) is 14.8 Å². The summed E-state index contributed by atoms with van der Waals surface area (Å²) in [4.78, 5) is 9.07. The Hall–Kier alpha value is -1.67. The number of rotatable bonds is 3. The largest absolute Gasteiger partial charge is 0.325 e. The van der Waals surface area contributed by atoms with Gasteiger partial charge in [-0.15, -0.1) is 0 Å². The zero-order valence-electron chi connectivity index (χ0n) is 7.32. The number of aryl methyl sites for hydroxylation is 1. The van der Waals surface area contributed by atoms with Crippen LogP contribution in [0.15, 0.2) is 0 Å². The Kier molecular flexibility index (Phi) is 2.91. The van der Waals surface area contributed by atoms with Crippen LogP contribution in [0.4, 0.5) is 23.2 Å². The number of alkyl halides is 4. The summed E-state index contributed by atoms with van der Waals surface area (Å²) in [5.41, 5.74) is -3.67.